The van der Waals surface area contributed by atoms with Gasteiger partial charge in [-0.3, -0.25) is 4.79 Å². The zero-order valence-electron chi connectivity index (χ0n) is 17.1. The molecule has 1 unspecified atom stereocenters. The molecule has 6 nitrogen and oxygen atoms in total. The second kappa shape index (κ2) is 7.74. The number of rotatable bonds is 3. The second-order valence-corrected chi connectivity index (χ2v) is 8.52. The first-order valence-electron chi connectivity index (χ1n) is 10.1. The van der Waals surface area contributed by atoms with E-state index in [0.717, 1.165) is 38.2 Å². The third-order valence-electron chi connectivity index (χ3n) is 5.41. The minimum Gasteiger partial charge on any atom is -0.310 e. The fourth-order valence-corrected chi connectivity index (χ4v) is 4.69. The summed E-state index contributed by atoms with van der Waals surface area (Å²) in [6, 6.07) is 20.0. The van der Waals surface area contributed by atoms with Crippen molar-refractivity contribution in [1.82, 2.24) is 19.7 Å². The summed E-state index contributed by atoms with van der Waals surface area (Å²) in [6.45, 7) is 3.85. The van der Waals surface area contributed by atoms with Gasteiger partial charge in [0, 0.05) is 39.3 Å². The van der Waals surface area contributed by atoms with Crippen molar-refractivity contribution < 1.29 is 4.79 Å². The van der Waals surface area contributed by atoms with E-state index >= 15 is 0 Å². The van der Waals surface area contributed by atoms with E-state index in [1.165, 1.54) is 0 Å². The molecule has 0 saturated carbocycles. The number of amides is 1. The van der Waals surface area contributed by atoms with Crippen molar-refractivity contribution in [3.8, 4) is 17.2 Å². The molecule has 5 rings (SSSR count). The Morgan fingerprint density at radius 2 is 1.68 bits per heavy atom. The number of carbonyl (C=O) groups is 1. The van der Waals surface area contributed by atoms with Crippen molar-refractivity contribution in [2.45, 2.75) is 26.2 Å². The van der Waals surface area contributed by atoms with Crippen LogP contribution in [0.25, 0.3) is 17.2 Å². The Balaban J connectivity index is 1.81. The highest BCUT2D eigenvalue weighted by Crippen LogP contribution is 2.45. The van der Waals surface area contributed by atoms with Crippen LogP contribution in [-0.4, -0.2) is 25.7 Å². The summed E-state index contributed by atoms with van der Waals surface area (Å²) in [6.07, 6.45) is 0.342. The Hall–Kier alpha value is -3.32. The summed E-state index contributed by atoms with van der Waals surface area (Å²) in [5.74, 6) is 0.873. The molecular formula is C24H20BrN5O. The van der Waals surface area contributed by atoms with Crippen LogP contribution in [0.3, 0.4) is 0 Å². The van der Waals surface area contributed by atoms with Crippen molar-refractivity contribution >= 4 is 27.7 Å². The van der Waals surface area contributed by atoms with Gasteiger partial charge < -0.3 is 5.32 Å². The van der Waals surface area contributed by atoms with Gasteiger partial charge in [0.25, 0.3) is 5.95 Å². The molecule has 1 aliphatic rings. The third kappa shape index (κ3) is 3.55. The van der Waals surface area contributed by atoms with Crippen molar-refractivity contribution in [3.63, 3.8) is 0 Å². The fourth-order valence-electron chi connectivity index (χ4n) is 4.13. The summed E-state index contributed by atoms with van der Waals surface area (Å²) in [5.41, 5.74) is 5.52. The van der Waals surface area contributed by atoms with E-state index in [1.54, 1.807) is 4.68 Å². The van der Waals surface area contributed by atoms with Crippen LogP contribution < -0.4 is 5.32 Å². The van der Waals surface area contributed by atoms with Crippen LogP contribution in [0.15, 0.2) is 65.1 Å². The van der Waals surface area contributed by atoms with Gasteiger partial charge in [0.1, 0.15) is 5.82 Å². The topological polar surface area (TPSA) is 72.7 Å². The lowest BCUT2D eigenvalue weighted by Crippen LogP contribution is -2.25. The molecule has 0 saturated heterocycles. The number of aryl methyl sites for hydroxylation is 2. The van der Waals surface area contributed by atoms with E-state index in [2.05, 4.69) is 37.3 Å². The molecule has 1 atom stereocenters. The van der Waals surface area contributed by atoms with E-state index in [9.17, 15) is 4.79 Å². The van der Waals surface area contributed by atoms with Crippen molar-refractivity contribution in [3.05, 3.63) is 87.7 Å². The van der Waals surface area contributed by atoms with Crippen LogP contribution in [0, 0.1) is 13.8 Å². The van der Waals surface area contributed by atoms with Crippen LogP contribution in [0.2, 0.25) is 0 Å². The highest BCUT2D eigenvalue weighted by molar-refractivity contribution is 9.10. The van der Waals surface area contributed by atoms with Crippen LogP contribution in [0.5, 0.6) is 0 Å². The predicted octanol–water partition coefficient (Wildman–Crippen LogP) is 5.18. The van der Waals surface area contributed by atoms with E-state index in [0.29, 0.717) is 18.2 Å². The molecule has 0 radical (unpaired) electrons. The molecule has 1 aliphatic heterocycles. The molecule has 1 amide bonds. The van der Waals surface area contributed by atoms with Gasteiger partial charge in [-0.1, -0.05) is 64.5 Å². The number of aromatic nitrogens is 4. The maximum atomic E-state index is 12.8. The predicted molar refractivity (Wildman–Crippen MR) is 123 cm³/mol. The zero-order chi connectivity index (χ0) is 21.5. The molecule has 0 spiro atoms. The summed E-state index contributed by atoms with van der Waals surface area (Å²) < 4.78 is 2.63. The number of nitrogens with zero attached hydrogens (tertiary/aromatic N) is 4. The number of nitrogens with one attached hydrogen (secondary N) is 1. The van der Waals surface area contributed by atoms with Crippen molar-refractivity contribution in [1.29, 1.82) is 0 Å². The largest absolute Gasteiger partial charge is 0.310 e. The summed E-state index contributed by atoms with van der Waals surface area (Å²) in [4.78, 5) is 22.0. The minimum absolute atomic E-state index is 0.0570. The maximum absolute atomic E-state index is 12.8. The Kier molecular flexibility index (Phi) is 4.90. The lowest BCUT2D eigenvalue weighted by Gasteiger charge is -2.25. The molecule has 2 aromatic heterocycles. The molecule has 0 bridgehead atoms. The number of anilines is 1. The monoisotopic (exact) mass is 473 g/mol. The molecule has 3 heterocycles. The van der Waals surface area contributed by atoms with E-state index in [1.807, 2.05) is 68.4 Å². The molecular weight excluding hydrogens is 454 g/mol. The number of hydrogen-bond donors (Lipinski definition) is 1. The zero-order valence-corrected chi connectivity index (χ0v) is 18.7. The highest BCUT2D eigenvalue weighted by Gasteiger charge is 2.35. The quantitative estimate of drug-likeness (QED) is 0.444. The van der Waals surface area contributed by atoms with Gasteiger partial charge in [0.2, 0.25) is 5.91 Å². The first kappa shape index (κ1) is 19.6. The van der Waals surface area contributed by atoms with Crippen LogP contribution in [0.4, 0.5) is 5.82 Å². The molecule has 7 heteroatoms. The van der Waals surface area contributed by atoms with E-state index < -0.39 is 0 Å². The average Bonchev–Trinajstić information content (AvgIpc) is 3.13. The Labute approximate surface area is 188 Å². The molecule has 1 N–H and O–H groups in total. The molecule has 154 valence electrons. The van der Waals surface area contributed by atoms with Gasteiger partial charge in [-0.15, -0.1) is 0 Å². The first-order valence-corrected chi connectivity index (χ1v) is 10.9. The molecule has 0 aliphatic carbocycles. The molecule has 4 aromatic rings. The maximum Gasteiger partial charge on any atom is 0.252 e. The second-order valence-electron chi connectivity index (χ2n) is 7.67. The van der Waals surface area contributed by atoms with Crippen molar-refractivity contribution in [2.24, 2.45) is 0 Å². The molecule has 31 heavy (non-hydrogen) atoms. The van der Waals surface area contributed by atoms with Crippen molar-refractivity contribution in [2.75, 3.05) is 5.32 Å². The number of benzene rings is 2. The fraction of sp³-hybridized carbons (Fsp3) is 0.167. The lowest BCUT2D eigenvalue weighted by molar-refractivity contribution is -0.116. The van der Waals surface area contributed by atoms with Gasteiger partial charge >= 0.3 is 0 Å². The lowest BCUT2D eigenvalue weighted by atomic mass is 9.84. The highest BCUT2D eigenvalue weighted by atomic mass is 79.9. The normalized spacial score (nSPS) is 15.5. The number of fused-ring (bicyclic) bond motifs is 1. The summed E-state index contributed by atoms with van der Waals surface area (Å²) >= 11 is 3.67. The Bertz CT molecular complexity index is 1280. The van der Waals surface area contributed by atoms with E-state index in [4.69, 9.17) is 5.10 Å². The van der Waals surface area contributed by atoms with Crippen LogP contribution in [0.1, 0.15) is 34.9 Å². The van der Waals surface area contributed by atoms with Crippen LogP contribution in [-0.2, 0) is 4.79 Å². The SMILES string of the molecule is Cc1cc(C)nc(-n2nc(-c3ccccc3)c3c2NC(=O)CC3c2ccccc2Br)n1. The van der Waals surface area contributed by atoms with E-state index in [-0.39, 0.29) is 11.8 Å². The number of carbonyl (C=O) groups excluding carboxylic acids is 1. The Morgan fingerprint density at radius 3 is 2.39 bits per heavy atom. The summed E-state index contributed by atoms with van der Waals surface area (Å²) in [7, 11) is 0. The van der Waals surface area contributed by atoms with Gasteiger partial charge in [0.05, 0.1) is 5.69 Å². The standard InChI is InChI=1S/C24H20BrN5O/c1-14-12-15(2)27-24(26-14)30-23-21(22(29-30)16-8-4-3-5-9-16)18(13-20(31)28-23)17-10-6-7-11-19(17)25/h3-12,18H,13H2,1-2H3,(H,28,31). The van der Waals surface area contributed by atoms with Gasteiger partial charge in [-0.2, -0.15) is 9.78 Å². The van der Waals surface area contributed by atoms with Crippen LogP contribution >= 0.6 is 15.9 Å². The first-order chi connectivity index (χ1) is 15.0. The number of hydrogen-bond acceptors (Lipinski definition) is 4. The third-order valence-corrected chi connectivity index (χ3v) is 6.13. The molecule has 2 aromatic carbocycles. The summed E-state index contributed by atoms with van der Waals surface area (Å²) in [5, 5.41) is 7.96. The minimum atomic E-state index is -0.144. The van der Waals surface area contributed by atoms with Gasteiger partial charge in [-0.05, 0) is 31.5 Å². The van der Waals surface area contributed by atoms with Gasteiger partial charge in [0.15, 0.2) is 0 Å². The smallest absolute Gasteiger partial charge is 0.252 e. The Morgan fingerprint density at radius 1 is 1.00 bits per heavy atom. The average molecular weight is 474 g/mol. The number of halogens is 1. The van der Waals surface area contributed by atoms with Gasteiger partial charge in [-0.25, -0.2) is 9.97 Å². The molecule has 0 fully saturated rings.